The van der Waals surface area contributed by atoms with Crippen molar-refractivity contribution >= 4 is 16.9 Å². The number of hydrogen-bond acceptors (Lipinski definition) is 6. The molecule has 0 aliphatic rings. The SMILES string of the molecule is COc1cc2ncn(CCCC(=O)OC(C)c3cc(F)ccc3F)c(=O)c2cc1OC. The molecule has 0 aliphatic carbocycles. The van der Waals surface area contributed by atoms with E-state index in [0.29, 0.717) is 28.8 Å². The molecule has 0 bridgehead atoms. The predicted octanol–water partition coefficient (Wildman–Crippen LogP) is 3.78. The van der Waals surface area contributed by atoms with Gasteiger partial charge in [0.05, 0.1) is 31.4 Å². The molecule has 1 heterocycles. The quantitative estimate of drug-likeness (QED) is 0.504. The number of benzene rings is 2. The van der Waals surface area contributed by atoms with Crippen LogP contribution in [0.5, 0.6) is 11.5 Å². The van der Waals surface area contributed by atoms with Crippen LogP contribution in [0.3, 0.4) is 0 Å². The van der Waals surface area contributed by atoms with Crippen molar-refractivity contribution in [1.82, 2.24) is 9.55 Å². The van der Waals surface area contributed by atoms with Crippen molar-refractivity contribution in [2.75, 3.05) is 14.2 Å². The minimum Gasteiger partial charge on any atom is -0.493 e. The Bertz CT molecular complexity index is 1160. The van der Waals surface area contributed by atoms with Gasteiger partial charge in [0.2, 0.25) is 0 Å². The van der Waals surface area contributed by atoms with Crippen LogP contribution in [0.25, 0.3) is 10.9 Å². The Kier molecular flexibility index (Phi) is 6.84. The highest BCUT2D eigenvalue weighted by atomic mass is 19.1. The number of ether oxygens (including phenoxy) is 3. The number of carbonyl (C=O) groups is 1. The van der Waals surface area contributed by atoms with Gasteiger partial charge in [-0.3, -0.25) is 14.2 Å². The van der Waals surface area contributed by atoms with Crippen molar-refractivity contribution in [2.45, 2.75) is 32.4 Å². The Morgan fingerprint density at radius 3 is 2.55 bits per heavy atom. The highest BCUT2D eigenvalue weighted by molar-refractivity contribution is 5.81. The molecule has 2 aromatic carbocycles. The molecule has 164 valence electrons. The van der Waals surface area contributed by atoms with Gasteiger partial charge in [-0.25, -0.2) is 13.8 Å². The van der Waals surface area contributed by atoms with Gasteiger partial charge in [0, 0.05) is 24.6 Å². The summed E-state index contributed by atoms with van der Waals surface area (Å²) in [6, 6.07) is 6.15. The molecule has 3 rings (SSSR count). The first-order chi connectivity index (χ1) is 14.8. The molecule has 0 amide bonds. The monoisotopic (exact) mass is 432 g/mol. The molecule has 1 atom stereocenters. The zero-order chi connectivity index (χ0) is 22.5. The number of fused-ring (bicyclic) bond motifs is 1. The van der Waals surface area contributed by atoms with E-state index in [0.717, 1.165) is 18.2 Å². The van der Waals surface area contributed by atoms with E-state index in [2.05, 4.69) is 4.98 Å². The molecule has 0 N–H and O–H groups in total. The lowest BCUT2D eigenvalue weighted by atomic mass is 10.1. The highest BCUT2D eigenvalue weighted by Gasteiger charge is 2.17. The van der Waals surface area contributed by atoms with Crippen molar-refractivity contribution < 1.29 is 27.8 Å². The van der Waals surface area contributed by atoms with Crippen LogP contribution >= 0.6 is 0 Å². The summed E-state index contributed by atoms with van der Waals surface area (Å²) in [6.45, 7) is 1.70. The molecule has 1 unspecified atom stereocenters. The van der Waals surface area contributed by atoms with Crippen LogP contribution in [0.2, 0.25) is 0 Å². The lowest BCUT2D eigenvalue weighted by Crippen LogP contribution is -2.21. The number of rotatable bonds is 8. The van der Waals surface area contributed by atoms with Crippen molar-refractivity contribution in [3.05, 3.63) is 64.2 Å². The van der Waals surface area contributed by atoms with Crippen LogP contribution in [-0.4, -0.2) is 29.7 Å². The van der Waals surface area contributed by atoms with Gasteiger partial charge in [-0.15, -0.1) is 0 Å². The third kappa shape index (κ3) is 4.99. The van der Waals surface area contributed by atoms with E-state index in [1.165, 1.54) is 32.0 Å². The predicted molar refractivity (Wildman–Crippen MR) is 109 cm³/mol. The standard InChI is InChI=1S/C22H22F2N2O5/c1-13(15-9-14(23)6-7-17(15)24)31-21(27)5-4-8-26-12-25-18-11-20(30-3)19(29-2)10-16(18)22(26)28/h6-7,9-13H,4-5,8H2,1-3H3. The van der Waals surface area contributed by atoms with E-state index < -0.39 is 23.7 Å². The summed E-state index contributed by atoms with van der Waals surface area (Å²) >= 11 is 0. The molecule has 1 aromatic heterocycles. The Labute approximate surface area is 177 Å². The maximum absolute atomic E-state index is 13.8. The summed E-state index contributed by atoms with van der Waals surface area (Å²) in [6.07, 6.45) is 0.762. The molecule has 0 fully saturated rings. The second-order valence-electron chi connectivity index (χ2n) is 6.87. The molecule has 7 nitrogen and oxygen atoms in total. The minimum atomic E-state index is -0.935. The van der Waals surface area contributed by atoms with Crippen molar-refractivity contribution in [3.8, 4) is 11.5 Å². The zero-order valence-corrected chi connectivity index (χ0v) is 17.4. The van der Waals surface area contributed by atoms with Crippen molar-refractivity contribution in [2.24, 2.45) is 0 Å². The van der Waals surface area contributed by atoms with Gasteiger partial charge in [0.25, 0.3) is 5.56 Å². The van der Waals surface area contributed by atoms with Gasteiger partial charge in [-0.05, 0) is 37.6 Å². The molecule has 0 saturated carbocycles. The van der Waals surface area contributed by atoms with E-state index >= 15 is 0 Å². The largest absolute Gasteiger partial charge is 0.493 e. The molecule has 31 heavy (non-hydrogen) atoms. The molecule has 3 aromatic rings. The van der Waals surface area contributed by atoms with Gasteiger partial charge in [0.15, 0.2) is 11.5 Å². The number of methoxy groups -OCH3 is 2. The van der Waals surface area contributed by atoms with Crippen LogP contribution in [0.15, 0.2) is 41.5 Å². The Balaban J connectivity index is 1.64. The normalized spacial score (nSPS) is 11.9. The van der Waals surface area contributed by atoms with Crippen LogP contribution in [0, 0.1) is 11.6 Å². The van der Waals surface area contributed by atoms with Crippen molar-refractivity contribution in [3.63, 3.8) is 0 Å². The van der Waals surface area contributed by atoms with Crippen LogP contribution < -0.4 is 15.0 Å². The Morgan fingerprint density at radius 2 is 1.84 bits per heavy atom. The zero-order valence-electron chi connectivity index (χ0n) is 17.4. The number of esters is 1. The van der Waals surface area contributed by atoms with Gasteiger partial charge in [0.1, 0.15) is 17.7 Å². The summed E-state index contributed by atoms with van der Waals surface area (Å²) in [4.78, 5) is 29.1. The smallest absolute Gasteiger partial charge is 0.306 e. The van der Waals surface area contributed by atoms with E-state index in [9.17, 15) is 18.4 Å². The lowest BCUT2D eigenvalue weighted by molar-refractivity contribution is -0.148. The Morgan fingerprint density at radius 1 is 1.13 bits per heavy atom. The summed E-state index contributed by atoms with van der Waals surface area (Å²) in [7, 11) is 2.97. The number of aromatic nitrogens is 2. The van der Waals surface area contributed by atoms with E-state index in [4.69, 9.17) is 14.2 Å². The van der Waals surface area contributed by atoms with E-state index in [1.54, 1.807) is 12.1 Å². The number of carbonyl (C=O) groups excluding carboxylic acids is 1. The summed E-state index contributed by atoms with van der Waals surface area (Å²) in [5.41, 5.74) is 0.145. The third-order valence-corrected chi connectivity index (χ3v) is 4.81. The summed E-state index contributed by atoms with van der Waals surface area (Å²) in [5, 5.41) is 0.359. The molecule has 0 spiro atoms. The lowest BCUT2D eigenvalue weighted by Gasteiger charge is -2.15. The fourth-order valence-electron chi connectivity index (χ4n) is 3.18. The first-order valence-corrected chi connectivity index (χ1v) is 9.59. The first-order valence-electron chi connectivity index (χ1n) is 9.59. The van der Waals surface area contributed by atoms with E-state index in [1.807, 2.05) is 0 Å². The van der Waals surface area contributed by atoms with E-state index in [-0.39, 0.29) is 24.1 Å². The fourth-order valence-corrected chi connectivity index (χ4v) is 3.18. The fraction of sp³-hybridized carbons (Fsp3) is 0.318. The van der Waals surface area contributed by atoms with Gasteiger partial charge in [-0.2, -0.15) is 0 Å². The molecule has 0 saturated heterocycles. The molecular formula is C22H22F2N2O5. The third-order valence-electron chi connectivity index (χ3n) is 4.81. The average Bonchev–Trinajstić information content (AvgIpc) is 2.76. The van der Waals surface area contributed by atoms with Gasteiger partial charge < -0.3 is 14.2 Å². The second kappa shape index (κ2) is 9.55. The maximum atomic E-state index is 13.8. The number of aryl methyl sites for hydroxylation is 1. The van der Waals surface area contributed by atoms with Crippen LogP contribution in [-0.2, 0) is 16.1 Å². The molecule has 0 aliphatic heterocycles. The van der Waals surface area contributed by atoms with Crippen LogP contribution in [0.4, 0.5) is 8.78 Å². The topological polar surface area (TPSA) is 79.7 Å². The minimum absolute atomic E-state index is 0.00230. The second-order valence-corrected chi connectivity index (χ2v) is 6.87. The first kappa shape index (κ1) is 22.2. The molecule has 0 radical (unpaired) electrons. The maximum Gasteiger partial charge on any atom is 0.306 e. The van der Waals surface area contributed by atoms with Crippen molar-refractivity contribution in [1.29, 1.82) is 0 Å². The number of nitrogens with zero attached hydrogens (tertiary/aromatic N) is 2. The van der Waals surface area contributed by atoms with Gasteiger partial charge in [-0.1, -0.05) is 0 Å². The highest BCUT2D eigenvalue weighted by Crippen LogP contribution is 2.29. The van der Waals surface area contributed by atoms with Gasteiger partial charge >= 0.3 is 5.97 Å². The summed E-state index contributed by atoms with van der Waals surface area (Å²) < 4.78 is 44.1. The Hall–Kier alpha value is -3.49. The van der Waals surface area contributed by atoms with Crippen LogP contribution in [0.1, 0.15) is 31.4 Å². The molecular weight excluding hydrogens is 410 g/mol. The summed E-state index contributed by atoms with van der Waals surface area (Å²) in [5.74, 6) is -0.969. The number of hydrogen-bond donors (Lipinski definition) is 0. The number of halogens is 2. The molecule has 9 heteroatoms. The average molecular weight is 432 g/mol.